The molecule has 3 rings (SSSR count). The van der Waals surface area contributed by atoms with Crippen LogP contribution in [0.1, 0.15) is 28.8 Å². The number of aromatic amines is 1. The topological polar surface area (TPSA) is 88.0 Å². The first-order valence-corrected chi connectivity index (χ1v) is 7.23. The van der Waals surface area contributed by atoms with Crippen LogP contribution in [-0.2, 0) is 0 Å². The van der Waals surface area contributed by atoms with E-state index in [-0.39, 0.29) is 23.1 Å². The van der Waals surface area contributed by atoms with Crippen molar-refractivity contribution < 1.29 is 4.79 Å². The van der Waals surface area contributed by atoms with Crippen molar-refractivity contribution in [2.24, 2.45) is 11.7 Å². The second-order valence-corrected chi connectivity index (χ2v) is 5.71. The van der Waals surface area contributed by atoms with Crippen molar-refractivity contribution in [3.8, 4) is 0 Å². The minimum absolute atomic E-state index is 0.0196. The zero-order chi connectivity index (χ0) is 15.0. The number of amides is 1. The number of benzene rings is 1. The fraction of sp³-hybridized carbons (Fsp3) is 0.375. The Bertz CT molecular complexity index is 747. The number of para-hydroxylation sites is 1. The Balaban J connectivity index is 1.88. The summed E-state index contributed by atoms with van der Waals surface area (Å²) in [5.74, 6) is 0.164. The molecule has 0 bridgehead atoms. The second kappa shape index (κ2) is 5.33. The summed E-state index contributed by atoms with van der Waals surface area (Å²) in [6, 6.07) is 7.44. The predicted molar refractivity (Wildman–Crippen MR) is 82.3 cm³/mol. The highest BCUT2D eigenvalue weighted by atomic mass is 16.2. The molecule has 4 N–H and O–H groups in total. The summed E-state index contributed by atoms with van der Waals surface area (Å²) in [5.41, 5.74) is 7.23. The highest BCUT2D eigenvalue weighted by Crippen LogP contribution is 2.31. The average Bonchev–Trinajstić information content (AvgIpc) is 3.29. The van der Waals surface area contributed by atoms with Crippen LogP contribution in [0.3, 0.4) is 0 Å². The van der Waals surface area contributed by atoms with E-state index in [1.54, 1.807) is 6.92 Å². The molecule has 21 heavy (non-hydrogen) atoms. The van der Waals surface area contributed by atoms with Gasteiger partial charge in [-0.25, -0.2) is 0 Å². The number of nitrogens with one attached hydrogen (secondary N) is 2. The van der Waals surface area contributed by atoms with Gasteiger partial charge in [-0.2, -0.15) is 0 Å². The summed E-state index contributed by atoms with van der Waals surface area (Å²) < 4.78 is 0. The summed E-state index contributed by atoms with van der Waals surface area (Å²) in [4.78, 5) is 27.2. The average molecular weight is 285 g/mol. The maximum absolute atomic E-state index is 12.3. The largest absolute Gasteiger partial charge is 0.350 e. The fourth-order valence-corrected chi connectivity index (χ4v) is 2.67. The van der Waals surface area contributed by atoms with Gasteiger partial charge < -0.3 is 16.0 Å². The maximum Gasteiger partial charge on any atom is 0.261 e. The van der Waals surface area contributed by atoms with Gasteiger partial charge in [-0.15, -0.1) is 0 Å². The molecule has 110 valence electrons. The van der Waals surface area contributed by atoms with E-state index in [0.717, 1.165) is 23.7 Å². The summed E-state index contributed by atoms with van der Waals surface area (Å²) >= 11 is 0. The lowest BCUT2D eigenvalue weighted by Gasteiger charge is -2.13. The molecule has 1 aliphatic carbocycles. The molecule has 5 nitrogen and oxygen atoms in total. The lowest BCUT2D eigenvalue weighted by Crippen LogP contribution is -2.40. The van der Waals surface area contributed by atoms with Crippen LogP contribution in [-0.4, -0.2) is 23.5 Å². The molecule has 1 amide bonds. The van der Waals surface area contributed by atoms with E-state index in [2.05, 4.69) is 10.3 Å². The molecule has 1 unspecified atom stereocenters. The van der Waals surface area contributed by atoms with Crippen LogP contribution in [0.2, 0.25) is 0 Å². The van der Waals surface area contributed by atoms with E-state index in [4.69, 9.17) is 5.73 Å². The van der Waals surface area contributed by atoms with E-state index in [1.165, 1.54) is 0 Å². The third kappa shape index (κ3) is 2.69. The van der Waals surface area contributed by atoms with Gasteiger partial charge >= 0.3 is 0 Å². The van der Waals surface area contributed by atoms with Crippen molar-refractivity contribution in [3.63, 3.8) is 0 Å². The van der Waals surface area contributed by atoms with Crippen LogP contribution in [0, 0.1) is 12.8 Å². The summed E-state index contributed by atoms with van der Waals surface area (Å²) in [6.45, 7) is 2.21. The normalized spacial score (nSPS) is 15.9. The van der Waals surface area contributed by atoms with Crippen LogP contribution in [0.15, 0.2) is 29.1 Å². The van der Waals surface area contributed by atoms with E-state index in [1.807, 2.05) is 24.3 Å². The van der Waals surface area contributed by atoms with E-state index >= 15 is 0 Å². The van der Waals surface area contributed by atoms with Gasteiger partial charge in [0.2, 0.25) is 0 Å². The van der Waals surface area contributed by atoms with Crippen molar-refractivity contribution in [1.29, 1.82) is 0 Å². The standard InChI is InChI=1S/C16H19N3O2/c1-9-11-4-2-3-5-13(11)19-16(21)14(9)15(20)18-8-12(17)10-6-7-10/h2-5,10,12H,6-8,17H2,1H3,(H,18,20)(H,19,21). The van der Waals surface area contributed by atoms with Crippen LogP contribution >= 0.6 is 0 Å². The van der Waals surface area contributed by atoms with Crippen LogP contribution < -0.4 is 16.6 Å². The molecule has 0 aliphatic heterocycles. The Morgan fingerprint density at radius 2 is 2.14 bits per heavy atom. The molecule has 1 aromatic carbocycles. The van der Waals surface area contributed by atoms with Crippen molar-refractivity contribution >= 4 is 16.8 Å². The maximum atomic E-state index is 12.3. The molecule has 1 atom stereocenters. The highest BCUT2D eigenvalue weighted by molar-refractivity contribution is 5.99. The van der Waals surface area contributed by atoms with Gasteiger partial charge in [0.1, 0.15) is 5.56 Å². The molecule has 1 fully saturated rings. The molecular weight excluding hydrogens is 266 g/mol. The zero-order valence-corrected chi connectivity index (χ0v) is 12.0. The van der Waals surface area contributed by atoms with E-state index < -0.39 is 0 Å². The highest BCUT2D eigenvalue weighted by Gasteiger charge is 2.29. The van der Waals surface area contributed by atoms with Gasteiger partial charge in [0.15, 0.2) is 0 Å². The second-order valence-electron chi connectivity index (χ2n) is 5.71. The molecule has 0 radical (unpaired) electrons. The summed E-state index contributed by atoms with van der Waals surface area (Å²) in [6.07, 6.45) is 2.26. The molecule has 0 saturated heterocycles. The number of carbonyl (C=O) groups excluding carboxylic acids is 1. The number of rotatable bonds is 4. The molecular formula is C16H19N3O2. The Labute approximate surface area is 122 Å². The number of carbonyl (C=O) groups is 1. The minimum atomic E-state index is -0.358. The number of nitrogens with two attached hydrogens (primary N) is 1. The van der Waals surface area contributed by atoms with E-state index in [9.17, 15) is 9.59 Å². The molecule has 1 saturated carbocycles. The molecule has 0 spiro atoms. The number of hydrogen-bond acceptors (Lipinski definition) is 3. The van der Waals surface area contributed by atoms with Crippen LogP contribution in [0.5, 0.6) is 0 Å². The number of H-pyrrole nitrogens is 1. The van der Waals surface area contributed by atoms with Gasteiger partial charge in [0.25, 0.3) is 11.5 Å². The third-order valence-electron chi connectivity index (χ3n) is 4.13. The molecule has 1 aliphatic rings. The quantitative estimate of drug-likeness (QED) is 0.791. The monoisotopic (exact) mass is 285 g/mol. The Morgan fingerprint density at radius 1 is 1.43 bits per heavy atom. The van der Waals surface area contributed by atoms with Crippen molar-refractivity contribution in [3.05, 3.63) is 45.7 Å². The molecule has 1 heterocycles. The van der Waals surface area contributed by atoms with Gasteiger partial charge in [0, 0.05) is 23.5 Å². The third-order valence-corrected chi connectivity index (χ3v) is 4.13. The first kappa shape index (κ1) is 13.8. The number of aromatic nitrogens is 1. The smallest absolute Gasteiger partial charge is 0.261 e. The van der Waals surface area contributed by atoms with Gasteiger partial charge in [-0.1, -0.05) is 18.2 Å². The first-order chi connectivity index (χ1) is 10.1. The van der Waals surface area contributed by atoms with Gasteiger partial charge in [-0.3, -0.25) is 9.59 Å². The minimum Gasteiger partial charge on any atom is -0.350 e. The van der Waals surface area contributed by atoms with Crippen LogP contribution in [0.4, 0.5) is 0 Å². The number of pyridine rings is 1. The van der Waals surface area contributed by atoms with Crippen LogP contribution in [0.25, 0.3) is 10.9 Å². The lowest BCUT2D eigenvalue weighted by molar-refractivity contribution is 0.0948. The van der Waals surface area contributed by atoms with Crippen molar-refractivity contribution in [2.45, 2.75) is 25.8 Å². The predicted octanol–water partition coefficient (Wildman–Crippen LogP) is 1.30. The fourth-order valence-electron chi connectivity index (χ4n) is 2.67. The van der Waals surface area contributed by atoms with Gasteiger partial charge in [-0.05, 0) is 37.3 Å². The van der Waals surface area contributed by atoms with Gasteiger partial charge in [0.05, 0.1) is 0 Å². The Hall–Kier alpha value is -2.14. The van der Waals surface area contributed by atoms with E-state index in [0.29, 0.717) is 18.0 Å². The van der Waals surface area contributed by atoms with Crippen molar-refractivity contribution in [1.82, 2.24) is 10.3 Å². The molecule has 5 heteroatoms. The Kier molecular flexibility index (Phi) is 3.51. The summed E-state index contributed by atoms with van der Waals surface area (Å²) in [5, 5.41) is 3.67. The summed E-state index contributed by atoms with van der Waals surface area (Å²) in [7, 11) is 0. The zero-order valence-electron chi connectivity index (χ0n) is 12.0. The number of aryl methyl sites for hydroxylation is 1. The van der Waals surface area contributed by atoms with Crippen molar-refractivity contribution in [2.75, 3.05) is 6.54 Å². The Morgan fingerprint density at radius 3 is 2.86 bits per heavy atom. The molecule has 2 aromatic rings. The number of hydrogen-bond donors (Lipinski definition) is 3. The SMILES string of the molecule is Cc1c(C(=O)NCC(N)C2CC2)c(=O)[nH]c2ccccc12. The molecule has 1 aromatic heterocycles. The lowest BCUT2D eigenvalue weighted by atomic mass is 10.0. The first-order valence-electron chi connectivity index (χ1n) is 7.23. The number of fused-ring (bicyclic) bond motifs is 1.